The molecular weight excluding hydrogens is 280 g/mol. The van der Waals surface area contributed by atoms with Gasteiger partial charge >= 0.3 is 5.97 Å². The number of esters is 1. The van der Waals surface area contributed by atoms with Gasteiger partial charge in [-0.3, -0.25) is 0 Å². The van der Waals surface area contributed by atoms with E-state index in [0.717, 1.165) is 29.8 Å². The number of hydrogen-bond donors (Lipinski definition) is 3. The highest BCUT2D eigenvalue weighted by Crippen LogP contribution is 2.31. The van der Waals surface area contributed by atoms with Crippen molar-refractivity contribution < 1.29 is 14.6 Å². The molecule has 0 amide bonds. The van der Waals surface area contributed by atoms with E-state index in [-0.39, 0.29) is 12.6 Å². The number of aromatic nitrogens is 2. The molecule has 0 aliphatic heterocycles. The van der Waals surface area contributed by atoms with Crippen molar-refractivity contribution in [3.8, 4) is 11.4 Å². The van der Waals surface area contributed by atoms with E-state index in [2.05, 4.69) is 23.8 Å². The van der Waals surface area contributed by atoms with Gasteiger partial charge in [0, 0.05) is 19.0 Å². The molecule has 2 aromatic heterocycles. The third-order valence-electron chi connectivity index (χ3n) is 3.89. The molecular formula is C17H24N2O3. The molecule has 5 nitrogen and oxygen atoms in total. The first-order chi connectivity index (χ1) is 10.7. The second-order valence-corrected chi connectivity index (χ2v) is 5.13. The minimum absolute atomic E-state index is 0.00469. The molecule has 5 heteroatoms. The number of carbonyl (C=O) groups excluding carboxylic acids is 1. The molecule has 0 aliphatic rings. The van der Waals surface area contributed by atoms with Crippen molar-refractivity contribution in [3.05, 3.63) is 34.6 Å². The van der Waals surface area contributed by atoms with Gasteiger partial charge in [-0.05, 0) is 42.9 Å². The topological polar surface area (TPSA) is 78.1 Å². The van der Waals surface area contributed by atoms with Gasteiger partial charge in [0.25, 0.3) is 0 Å². The zero-order chi connectivity index (χ0) is 16.1. The average molecular weight is 304 g/mol. The fraction of sp³-hybridized carbons (Fsp3) is 0.471. The Labute approximate surface area is 130 Å². The maximum Gasteiger partial charge on any atom is 0.340 e. The largest absolute Gasteiger partial charge is 0.462 e. The molecule has 0 aromatic carbocycles. The zero-order valence-electron chi connectivity index (χ0n) is 13.5. The Morgan fingerprint density at radius 1 is 1.09 bits per heavy atom. The van der Waals surface area contributed by atoms with Crippen LogP contribution in [0.2, 0.25) is 0 Å². The van der Waals surface area contributed by atoms with Gasteiger partial charge in [0.1, 0.15) is 0 Å². The molecule has 22 heavy (non-hydrogen) atoms. The summed E-state index contributed by atoms with van der Waals surface area (Å²) in [6.07, 6.45) is 6.03. The zero-order valence-corrected chi connectivity index (χ0v) is 13.5. The van der Waals surface area contributed by atoms with E-state index in [1.807, 2.05) is 6.20 Å². The van der Waals surface area contributed by atoms with E-state index in [1.165, 1.54) is 11.1 Å². The van der Waals surface area contributed by atoms with Crippen LogP contribution >= 0.6 is 0 Å². The van der Waals surface area contributed by atoms with Crippen LogP contribution in [0.5, 0.6) is 0 Å². The number of aryl methyl sites for hydroxylation is 1. The van der Waals surface area contributed by atoms with E-state index >= 15 is 0 Å². The fourth-order valence-corrected chi connectivity index (χ4v) is 2.85. The Balaban J connectivity index is 2.55. The van der Waals surface area contributed by atoms with Crippen molar-refractivity contribution in [1.82, 2.24) is 9.97 Å². The van der Waals surface area contributed by atoms with Gasteiger partial charge in [0.2, 0.25) is 0 Å². The van der Waals surface area contributed by atoms with E-state index in [1.54, 1.807) is 13.1 Å². The second-order valence-electron chi connectivity index (χ2n) is 5.13. The third-order valence-corrected chi connectivity index (χ3v) is 3.89. The molecule has 0 saturated carbocycles. The lowest BCUT2D eigenvalue weighted by Gasteiger charge is -2.08. The van der Waals surface area contributed by atoms with Crippen LogP contribution in [0.4, 0.5) is 0 Å². The highest BCUT2D eigenvalue weighted by Gasteiger charge is 2.23. The van der Waals surface area contributed by atoms with Gasteiger partial charge in [0.05, 0.1) is 23.6 Å². The van der Waals surface area contributed by atoms with Gasteiger partial charge in [-0.1, -0.05) is 13.8 Å². The smallest absolute Gasteiger partial charge is 0.340 e. The van der Waals surface area contributed by atoms with Crippen LogP contribution in [0.25, 0.3) is 11.4 Å². The Kier molecular flexibility index (Phi) is 5.44. The van der Waals surface area contributed by atoms with Crippen molar-refractivity contribution in [2.75, 3.05) is 13.2 Å². The number of hydrogen-bond acceptors (Lipinski definition) is 3. The number of aliphatic hydroxyl groups excluding tert-OH is 1. The van der Waals surface area contributed by atoms with Crippen molar-refractivity contribution in [3.63, 3.8) is 0 Å². The molecule has 0 radical (unpaired) electrons. The van der Waals surface area contributed by atoms with Crippen molar-refractivity contribution in [2.45, 2.75) is 40.0 Å². The van der Waals surface area contributed by atoms with Gasteiger partial charge in [-0.25, -0.2) is 4.79 Å². The van der Waals surface area contributed by atoms with Crippen molar-refractivity contribution in [2.24, 2.45) is 0 Å². The van der Waals surface area contributed by atoms with Crippen LogP contribution in [-0.2, 0) is 24.0 Å². The van der Waals surface area contributed by atoms with E-state index < -0.39 is 0 Å². The predicted octanol–water partition coefficient (Wildman–Crippen LogP) is 2.85. The summed E-state index contributed by atoms with van der Waals surface area (Å²) in [5.41, 5.74) is 5.46. The summed E-state index contributed by atoms with van der Waals surface area (Å²) in [6, 6.07) is 0. The van der Waals surface area contributed by atoms with Crippen LogP contribution in [0.3, 0.4) is 0 Å². The van der Waals surface area contributed by atoms with Gasteiger partial charge < -0.3 is 19.8 Å². The number of aromatic amines is 2. The Morgan fingerprint density at radius 3 is 2.36 bits per heavy atom. The molecule has 0 aliphatic carbocycles. The SMILES string of the molecule is CCOC(=O)c1c(CCO)c[nH]c1-c1[nH]cc(CC)c1CC. The Bertz CT molecular complexity index is 640. The van der Waals surface area contributed by atoms with Gasteiger partial charge in [-0.2, -0.15) is 0 Å². The highest BCUT2D eigenvalue weighted by molar-refractivity contribution is 5.98. The average Bonchev–Trinajstić information content (AvgIpc) is 3.10. The van der Waals surface area contributed by atoms with Crippen LogP contribution in [0, 0.1) is 0 Å². The molecule has 0 unspecified atom stereocenters. The molecule has 2 rings (SSSR count). The van der Waals surface area contributed by atoms with Crippen LogP contribution < -0.4 is 0 Å². The first-order valence-electron chi connectivity index (χ1n) is 7.85. The standard InChI is InChI=1S/C17H24N2O3/c1-4-11-9-18-15(13(11)5-2)16-14(17(21)22-6-3)12(7-8-20)10-19-16/h9-10,18-20H,4-8H2,1-3H3. The molecule has 0 bridgehead atoms. The minimum Gasteiger partial charge on any atom is -0.462 e. The Morgan fingerprint density at radius 2 is 1.77 bits per heavy atom. The van der Waals surface area contributed by atoms with Crippen LogP contribution in [-0.4, -0.2) is 34.3 Å². The number of ether oxygens (including phenoxy) is 1. The Hall–Kier alpha value is -2.01. The molecule has 2 aromatic rings. The number of rotatable bonds is 7. The lowest BCUT2D eigenvalue weighted by atomic mass is 10.0. The highest BCUT2D eigenvalue weighted by atomic mass is 16.5. The third kappa shape index (κ3) is 2.95. The first-order valence-corrected chi connectivity index (χ1v) is 7.85. The monoisotopic (exact) mass is 304 g/mol. The number of aliphatic hydroxyl groups is 1. The summed E-state index contributed by atoms with van der Waals surface area (Å²) >= 11 is 0. The summed E-state index contributed by atoms with van der Waals surface area (Å²) < 4.78 is 5.19. The van der Waals surface area contributed by atoms with E-state index in [9.17, 15) is 9.90 Å². The summed E-state index contributed by atoms with van der Waals surface area (Å²) in [5, 5.41) is 9.20. The quantitative estimate of drug-likeness (QED) is 0.688. The molecule has 3 N–H and O–H groups in total. The van der Waals surface area contributed by atoms with Crippen LogP contribution in [0.15, 0.2) is 12.4 Å². The number of nitrogens with one attached hydrogen (secondary N) is 2. The lowest BCUT2D eigenvalue weighted by molar-refractivity contribution is 0.0526. The molecule has 0 fully saturated rings. The van der Waals surface area contributed by atoms with Crippen molar-refractivity contribution >= 4 is 5.97 Å². The molecule has 120 valence electrons. The lowest BCUT2D eigenvalue weighted by Crippen LogP contribution is -2.09. The van der Waals surface area contributed by atoms with E-state index in [4.69, 9.17) is 4.74 Å². The maximum atomic E-state index is 12.3. The normalized spacial score (nSPS) is 10.9. The summed E-state index contributed by atoms with van der Waals surface area (Å²) in [6.45, 7) is 6.33. The first kappa shape index (κ1) is 16.4. The number of H-pyrrole nitrogens is 2. The van der Waals surface area contributed by atoms with E-state index in [0.29, 0.717) is 18.6 Å². The van der Waals surface area contributed by atoms with Gasteiger partial charge in [0.15, 0.2) is 0 Å². The molecule has 2 heterocycles. The fourth-order valence-electron chi connectivity index (χ4n) is 2.85. The second kappa shape index (κ2) is 7.31. The van der Waals surface area contributed by atoms with Crippen molar-refractivity contribution in [1.29, 1.82) is 0 Å². The predicted molar refractivity (Wildman–Crippen MR) is 86.1 cm³/mol. The maximum absolute atomic E-state index is 12.3. The summed E-state index contributed by atoms with van der Waals surface area (Å²) in [7, 11) is 0. The summed E-state index contributed by atoms with van der Waals surface area (Å²) in [5.74, 6) is -0.350. The van der Waals surface area contributed by atoms with Gasteiger partial charge in [-0.15, -0.1) is 0 Å². The molecule has 0 saturated heterocycles. The molecule has 0 atom stereocenters. The molecule has 0 spiro atoms. The minimum atomic E-state index is -0.350. The summed E-state index contributed by atoms with van der Waals surface area (Å²) in [4.78, 5) is 18.8. The van der Waals surface area contributed by atoms with Crippen LogP contribution in [0.1, 0.15) is 47.8 Å². The number of carbonyl (C=O) groups is 1.